The number of pyridine rings is 2. The number of rotatable bonds is 44. The number of carbonyl (C=O) groups excluding carboxylic acids is 10. The number of aryl methyl sites for hydroxylation is 1. The van der Waals surface area contributed by atoms with Crippen molar-refractivity contribution in [1.29, 1.82) is 0 Å². The Hall–Kier alpha value is -13.9. The Morgan fingerprint density at radius 1 is 0.385 bits per heavy atom. The minimum absolute atomic E-state index is 0.0332. The standard InChI is InChI=1S/C26H26N2O3S.C24H24N2O3S.C20H23NO4S.C18H20N2O4S.C17H17NO3S/c1-18(2)19-11-13-21(14-12-19)31-17-26(30)27-16-22(32)15-25(29)24-10-6-9-23(28-24)20-7-4-3-5-8-20;1-16(2)17-7-9-20(10-8-17)29-15-24(28)26-14-21(30)12-23(27)19-11-18-5-3-4-6-22(18)25-13-19;1-14(2)15-5-7-17(8-6-15)25-13-20(23)21-12-19(26)11-16(22)10-18-4-3-9-24-18;1-12(2)13-3-5-16(6-4-13)24-11-15(21)9-19-18(25)20-17(22)14-7-8-23-10-14;19-15(16-7-4-10-21-16)11-14(22)12-18-17(20)9-8-13-5-2-1-3-6-13/h3-14,18H,15-17H2,1-2H3,(H,27,30);3-11,13,16H,12,14-15H2,1-2H3,(H,26,28);3-9,14H,10-13H2,1-2H3,(H,21,23);3-8,10,12H,9,11H2,1-2H3,(H2,19,20,22,25);1-7,10H,8-9,11-12H2,(H,18,20). The Labute approximate surface area is 812 Å². The zero-order valence-electron chi connectivity index (χ0n) is 76.4. The van der Waals surface area contributed by atoms with Crippen molar-refractivity contribution >= 4 is 155 Å². The molecule has 0 fully saturated rings. The van der Waals surface area contributed by atoms with Crippen LogP contribution < -0.4 is 50.8 Å². The summed E-state index contributed by atoms with van der Waals surface area (Å²) in [4.78, 5) is 131. The van der Waals surface area contributed by atoms with Crippen molar-refractivity contribution in [1.82, 2.24) is 41.9 Å². The first-order valence-electron chi connectivity index (χ1n) is 43.6. The fourth-order valence-electron chi connectivity index (χ4n) is 12.2. The topological polar surface area (TPSA) is 345 Å². The van der Waals surface area contributed by atoms with Crippen LogP contribution in [0.5, 0.6) is 23.0 Å². The number of hydrogen-bond donors (Lipinski definition) is 6. The van der Waals surface area contributed by atoms with Gasteiger partial charge in [-0.3, -0.25) is 58.2 Å². The van der Waals surface area contributed by atoms with E-state index in [9.17, 15) is 47.9 Å². The van der Waals surface area contributed by atoms with Gasteiger partial charge in [-0.15, -0.1) is 0 Å². The van der Waals surface area contributed by atoms with Crippen molar-refractivity contribution in [2.45, 2.75) is 124 Å². The second-order valence-corrected chi connectivity index (χ2v) is 34.6. The number of fused-ring (bicyclic) bond motifs is 1. The highest BCUT2D eigenvalue weighted by Crippen LogP contribution is 2.25. The summed E-state index contributed by atoms with van der Waals surface area (Å²) in [7, 11) is 0. The van der Waals surface area contributed by atoms with Crippen LogP contribution in [-0.4, -0.2) is 152 Å². The zero-order valence-corrected chi connectivity index (χ0v) is 80.5. The predicted octanol–water partition coefficient (Wildman–Crippen LogP) is 18.6. The van der Waals surface area contributed by atoms with Crippen LogP contribution >= 0.6 is 61.1 Å². The second-order valence-electron chi connectivity index (χ2n) is 31.9. The van der Waals surface area contributed by atoms with Gasteiger partial charge in [0.1, 0.15) is 53.1 Å². The van der Waals surface area contributed by atoms with Crippen LogP contribution in [-0.2, 0) is 41.6 Å². The molecule has 0 saturated heterocycles. The average Bonchev–Trinajstić information content (AvgIpc) is 1.63. The van der Waals surface area contributed by atoms with Gasteiger partial charge in [0.25, 0.3) is 23.6 Å². The summed E-state index contributed by atoms with van der Waals surface area (Å²) in [6.45, 7) is 17.2. The van der Waals surface area contributed by atoms with Gasteiger partial charge in [0, 0.05) is 100 Å². The van der Waals surface area contributed by atoms with E-state index in [0.717, 1.165) is 27.7 Å². The molecule has 25 nitrogen and oxygen atoms in total. The normalized spacial score (nSPS) is 10.5. The SMILES string of the molecule is CC(C)c1ccc(OCC(=O)CNC(=S)NC(=O)c2ccoc2)cc1.CC(C)c1ccc(OCC(=O)NCC(=S)CC(=O)Cc2ccco2)cc1.CC(C)c1ccc(OCC(=O)NCC(=S)CC(=O)c2cccc(-c3ccccc3)n2)cc1.CC(C)c1ccc(OCC(=O)NCC(=S)CC(=O)c2cnc3ccccc3c2)cc1.O=C(CCc1ccccc1)NCC(=S)CC(=O)c1ccco1. The highest BCUT2D eigenvalue weighted by Gasteiger charge is 2.19. The Bertz CT molecular complexity index is 5900. The smallest absolute Gasteiger partial charge is 0.260 e. The van der Waals surface area contributed by atoms with Crippen LogP contribution in [0.25, 0.3) is 22.2 Å². The van der Waals surface area contributed by atoms with E-state index in [0.29, 0.717) is 102 Å². The summed E-state index contributed by atoms with van der Waals surface area (Å²) in [5.41, 5.74) is 9.68. The summed E-state index contributed by atoms with van der Waals surface area (Å²) in [6, 6.07) is 73.1. The largest absolute Gasteiger partial charge is 0.486 e. The van der Waals surface area contributed by atoms with Crippen molar-refractivity contribution in [3.63, 3.8) is 0 Å². The van der Waals surface area contributed by atoms with Crippen molar-refractivity contribution in [3.05, 3.63) is 324 Å². The van der Waals surface area contributed by atoms with Gasteiger partial charge in [0.2, 0.25) is 11.7 Å². The number of Topliss-reactive ketones (excluding diaryl/α,β-unsaturated/α-hetero) is 5. The first-order chi connectivity index (χ1) is 64.9. The number of nitrogens with one attached hydrogen (secondary N) is 6. The average molecular weight is 1920 g/mol. The van der Waals surface area contributed by atoms with Crippen molar-refractivity contribution < 1.29 is 80.1 Å². The van der Waals surface area contributed by atoms with E-state index in [-0.39, 0.29) is 155 Å². The fraction of sp³-hybridized carbons (Fsp3) is 0.267. The van der Waals surface area contributed by atoms with Gasteiger partial charge >= 0.3 is 0 Å². The maximum absolute atomic E-state index is 12.6. The lowest BCUT2D eigenvalue weighted by atomic mass is 10.0. The molecule has 5 aromatic heterocycles. The summed E-state index contributed by atoms with van der Waals surface area (Å²) < 4.78 is 36.9. The lowest BCUT2D eigenvalue weighted by molar-refractivity contribution is -0.123. The minimum atomic E-state index is -0.403. The number of hydrogen-bond acceptors (Lipinski definition) is 24. The monoisotopic (exact) mass is 1910 g/mol. The Kier molecular flexibility index (Phi) is 45.3. The number of nitrogens with zero attached hydrogens (tertiary/aromatic N) is 2. The third kappa shape index (κ3) is 40.6. The third-order valence-electron chi connectivity index (χ3n) is 19.8. The van der Waals surface area contributed by atoms with E-state index in [1.165, 1.54) is 53.4 Å². The van der Waals surface area contributed by atoms with Crippen molar-refractivity contribution in [3.8, 4) is 34.3 Å². The van der Waals surface area contributed by atoms with Gasteiger partial charge in [-0.1, -0.05) is 238 Å². The highest BCUT2D eigenvalue weighted by molar-refractivity contribution is 7.81. The number of para-hydroxylation sites is 1. The zero-order chi connectivity index (χ0) is 97.4. The second kappa shape index (κ2) is 57.5. The summed E-state index contributed by atoms with van der Waals surface area (Å²) in [6.07, 6.45) is 8.87. The molecule has 5 amide bonds. The lowest BCUT2D eigenvalue weighted by Gasteiger charge is -2.10. The first kappa shape index (κ1) is 106. The maximum Gasteiger partial charge on any atom is 0.260 e. The van der Waals surface area contributed by atoms with Gasteiger partial charge in [-0.2, -0.15) is 0 Å². The summed E-state index contributed by atoms with van der Waals surface area (Å²) in [5.74, 6) is 3.18. The molecular formula is C105H110N8O17S5. The van der Waals surface area contributed by atoms with Crippen LogP contribution in [0.1, 0.15) is 187 Å². The fourth-order valence-corrected chi connectivity index (χ4v) is 13.2. The van der Waals surface area contributed by atoms with Gasteiger partial charge in [-0.05, 0) is 173 Å². The van der Waals surface area contributed by atoms with Gasteiger partial charge < -0.3 is 58.8 Å². The molecule has 0 aliphatic rings. The number of benzene rings is 7. The molecule has 702 valence electrons. The summed E-state index contributed by atoms with van der Waals surface area (Å²) in [5, 5.41) is 16.9. The third-order valence-corrected chi connectivity index (χ3v) is 21.2. The van der Waals surface area contributed by atoms with Gasteiger partial charge in [0.05, 0.1) is 48.5 Å². The molecule has 0 aliphatic carbocycles. The molecule has 0 atom stereocenters. The number of ketones is 5. The molecule has 5 heterocycles. The number of carbonyl (C=O) groups is 10. The molecule has 135 heavy (non-hydrogen) atoms. The lowest BCUT2D eigenvalue weighted by Crippen LogP contribution is -2.42. The number of aromatic nitrogens is 2. The Morgan fingerprint density at radius 2 is 0.837 bits per heavy atom. The van der Waals surface area contributed by atoms with Crippen LogP contribution in [0.3, 0.4) is 0 Å². The van der Waals surface area contributed by atoms with E-state index < -0.39 is 5.91 Å². The molecule has 12 aromatic rings. The molecule has 0 unspecified atom stereocenters. The number of thiocarbonyl (C=S) groups is 5. The van der Waals surface area contributed by atoms with Crippen LogP contribution in [0.4, 0.5) is 0 Å². The predicted molar refractivity (Wildman–Crippen MR) is 542 cm³/mol. The Balaban J connectivity index is 0.000000209. The molecular weight excluding hydrogens is 1810 g/mol. The van der Waals surface area contributed by atoms with Crippen LogP contribution in [0.15, 0.2) is 281 Å². The minimum Gasteiger partial charge on any atom is -0.486 e. The van der Waals surface area contributed by atoms with E-state index in [2.05, 4.69) is 97.3 Å². The van der Waals surface area contributed by atoms with Crippen LogP contribution in [0, 0.1) is 0 Å². The molecule has 30 heteroatoms. The first-order valence-corrected chi connectivity index (χ1v) is 45.7. The van der Waals surface area contributed by atoms with E-state index in [4.69, 9.17) is 93.3 Å². The molecule has 0 aliphatic heterocycles. The van der Waals surface area contributed by atoms with Crippen molar-refractivity contribution in [2.24, 2.45) is 0 Å². The van der Waals surface area contributed by atoms with Crippen LogP contribution in [0.2, 0.25) is 0 Å². The quantitative estimate of drug-likeness (QED) is 0.0153. The Morgan fingerprint density at radius 3 is 1.31 bits per heavy atom. The molecule has 0 bridgehead atoms. The number of amides is 5. The number of furan rings is 3. The molecule has 0 saturated carbocycles. The molecule has 7 aromatic carbocycles. The maximum atomic E-state index is 12.6. The van der Waals surface area contributed by atoms with E-state index >= 15 is 0 Å². The molecule has 0 spiro atoms. The highest BCUT2D eigenvalue weighted by atomic mass is 32.1. The van der Waals surface area contributed by atoms with Gasteiger partial charge in [0.15, 0.2) is 48.0 Å². The van der Waals surface area contributed by atoms with E-state index in [1.807, 2.05) is 194 Å². The van der Waals surface area contributed by atoms with Gasteiger partial charge in [-0.25, -0.2) is 4.98 Å². The van der Waals surface area contributed by atoms with Crippen molar-refractivity contribution in [2.75, 3.05) is 59.2 Å². The summed E-state index contributed by atoms with van der Waals surface area (Å²) >= 11 is 25.8. The number of ether oxygens (including phenoxy) is 4. The van der Waals surface area contributed by atoms with E-state index in [1.54, 1.807) is 42.6 Å². The molecule has 6 N–H and O–H groups in total. The molecule has 12 rings (SSSR count). The molecule has 0 radical (unpaired) electrons.